The lowest BCUT2D eigenvalue weighted by atomic mass is 9.64. The Labute approximate surface area is 133 Å². The molecule has 0 spiro atoms. The Morgan fingerprint density at radius 2 is 1.86 bits per heavy atom. The molecule has 2 rings (SSSR count). The number of rotatable bonds is 7. The summed E-state index contributed by atoms with van der Waals surface area (Å²) in [5.41, 5.74) is 0.688. The van der Waals surface area contributed by atoms with E-state index in [1.807, 2.05) is 24.3 Å². The van der Waals surface area contributed by atoms with Crippen LogP contribution in [0.2, 0.25) is 0 Å². The summed E-state index contributed by atoms with van der Waals surface area (Å²) in [4.78, 5) is 22.9. The number of hydrogen-bond acceptors (Lipinski definition) is 2. The Kier molecular flexibility index (Phi) is 5.39. The second-order valence-electron chi connectivity index (χ2n) is 5.55. The number of carboxylic acids is 1. The molecule has 4 nitrogen and oxygen atoms in total. The van der Waals surface area contributed by atoms with Crippen LogP contribution in [0.25, 0.3) is 0 Å². The summed E-state index contributed by atoms with van der Waals surface area (Å²) >= 11 is 3.41. The van der Waals surface area contributed by atoms with Crippen LogP contribution in [0.1, 0.15) is 44.1 Å². The first-order chi connectivity index (χ1) is 10.0. The van der Waals surface area contributed by atoms with E-state index in [1.54, 1.807) is 0 Å². The molecular formula is C16H20BrNO3. The molecule has 114 valence electrons. The van der Waals surface area contributed by atoms with Crippen molar-refractivity contribution >= 4 is 27.8 Å². The molecule has 0 saturated heterocycles. The van der Waals surface area contributed by atoms with E-state index in [9.17, 15) is 9.59 Å². The molecule has 0 aromatic heterocycles. The average Bonchev–Trinajstić information content (AvgIpc) is 2.39. The van der Waals surface area contributed by atoms with Gasteiger partial charge in [-0.1, -0.05) is 34.5 Å². The van der Waals surface area contributed by atoms with Gasteiger partial charge >= 0.3 is 5.97 Å². The molecule has 1 aliphatic carbocycles. The number of halogens is 1. The van der Waals surface area contributed by atoms with Crippen LogP contribution in [0.5, 0.6) is 0 Å². The molecule has 1 aliphatic rings. The van der Waals surface area contributed by atoms with E-state index in [2.05, 4.69) is 21.2 Å². The molecule has 0 aliphatic heterocycles. The normalized spacial score (nSPS) is 16.0. The Bertz CT molecular complexity index is 509. The van der Waals surface area contributed by atoms with Crippen LogP contribution in [-0.2, 0) is 15.0 Å². The van der Waals surface area contributed by atoms with Crippen LogP contribution in [0, 0.1) is 0 Å². The summed E-state index contributed by atoms with van der Waals surface area (Å²) in [6, 6.07) is 7.95. The van der Waals surface area contributed by atoms with Gasteiger partial charge in [-0.15, -0.1) is 0 Å². The van der Waals surface area contributed by atoms with Crippen molar-refractivity contribution in [2.24, 2.45) is 0 Å². The van der Waals surface area contributed by atoms with Crippen molar-refractivity contribution in [2.45, 2.75) is 43.9 Å². The maximum absolute atomic E-state index is 12.5. The zero-order chi connectivity index (χ0) is 15.3. The van der Waals surface area contributed by atoms with Gasteiger partial charge in [0.1, 0.15) is 0 Å². The summed E-state index contributed by atoms with van der Waals surface area (Å²) < 4.78 is 1.01. The van der Waals surface area contributed by atoms with Gasteiger partial charge in [0, 0.05) is 17.4 Å². The molecule has 1 aromatic rings. The lowest BCUT2D eigenvalue weighted by molar-refractivity contribution is -0.137. The minimum atomic E-state index is -0.786. The third-order valence-corrected chi connectivity index (χ3v) is 4.67. The maximum Gasteiger partial charge on any atom is 0.303 e. The highest BCUT2D eigenvalue weighted by Gasteiger charge is 2.45. The molecule has 0 atom stereocenters. The van der Waals surface area contributed by atoms with E-state index in [1.165, 1.54) is 0 Å². The molecule has 0 heterocycles. The predicted octanol–water partition coefficient (Wildman–Crippen LogP) is 3.24. The Hall–Kier alpha value is -1.36. The van der Waals surface area contributed by atoms with Gasteiger partial charge in [0.05, 0.1) is 5.41 Å². The van der Waals surface area contributed by atoms with Gasteiger partial charge in [0.25, 0.3) is 0 Å². The van der Waals surface area contributed by atoms with E-state index >= 15 is 0 Å². The van der Waals surface area contributed by atoms with Crippen LogP contribution < -0.4 is 5.32 Å². The van der Waals surface area contributed by atoms with Crippen molar-refractivity contribution in [3.63, 3.8) is 0 Å². The fraction of sp³-hybridized carbons (Fsp3) is 0.500. The number of carbonyl (C=O) groups excluding carboxylic acids is 1. The molecular weight excluding hydrogens is 334 g/mol. The van der Waals surface area contributed by atoms with E-state index < -0.39 is 5.97 Å². The van der Waals surface area contributed by atoms with Gasteiger partial charge < -0.3 is 10.4 Å². The van der Waals surface area contributed by atoms with Crippen LogP contribution in [0.4, 0.5) is 0 Å². The molecule has 1 aromatic carbocycles. The van der Waals surface area contributed by atoms with Crippen LogP contribution in [0.3, 0.4) is 0 Å². The highest BCUT2D eigenvalue weighted by molar-refractivity contribution is 9.10. The van der Waals surface area contributed by atoms with Crippen molar-refractivity contribution in [1.82, 2.24) is 5.32 Å². The molecule has 1 fully saturated rings. The largest absolute Gasteiger partial charge is 0.481 e. The fourth-order valence-corrected chi connectivity index (χ4v) is 2.98. The number of carboxylic acid groups (broad SMARTS) is 1. The van der Waals surface area contributed by atoms with Crippen LogP contribution in [-0.4, -0.2) is 23.5 Å². The lowest BCUT2D eigenvalue weighted by Gasteiger charge is -2.40. The number of amides is 1. The molecule has 21 heavy (non-hydrogen) atoms. The van der Waals surface area contributed by atoms with Gasteiger partial charge in [-0.2, -0.15) is 0 Å². The highest BCUT2D eigenvalue weighted by Crippen LogP contribution is 2.44. The summed E-state index contributed by atoms with van der Waals surface area (Å²) in [5, 5.41) is 11.5. The maximum atomic E-state index is 12.5. The molecule has 0 radical (unpaired) electrons. The number of hydrogen-bond donors (Lipinski definition) is 2. The molecule has 2 N–H and O–H groups in total. The van der Waals surface area contributed by atoms with Crippen molar-refractivity contribution in [3.8, 4) is 0 Å². The molecule has 0 unspecified atom stereocenters. The molecule has 1 saturated carbocycles. The zero-order valence-electron chi connectivity index (χ0n) is 11.9. The van der Waals surface area contributed by atoms with Crippen LogP contribution in [0.15, 0.2) is 28.7 Å². The molecule has 5 heteroatoms. The SMILES string of the molecule is O=C(O)CCCCNC(=O)C1(c2ccc(Br)cc2)CCC1. The van der Waals surface area contributed by atoms with Gasteiger partial charge in [-0.05, 0) is 43.4 Å². The first-order valence-corrected chi connectivity index (χ1v) is 8.10. The molecule has 0 bridgehead atoms. The standard InChI is InChI=1S/C16H20BrNO3/c17-13-7-5-12(6-8-13)16(9-3-10-16)15(21)18-11-2-1-4-14(19)20/h5-8H,1-4,9-11H2,(H,18,21)(H,19,20). The number of benzene rings is 1. The Morgan fingerprint density at radius 3 is 2.38 bits per heavy atom. The summed E-state index contributed by atoms with van der Waals surface area (Å²) in [5.74, 6) is -0.710. The van der Waals surface area contributed by atoms with E-state index in [0.29, 0.717) is 19.4 Å². The average molecular weight is 354 g/mol. The van der Waals surface area contributed by atoms with Crippen LogP contribution >= 0.6 is 15.9 Å². The fourth-order valence-electron chi connectivity index (χ4n) is 2.72. The predicted molar refractivity (Wildman–Crippen MR) is 84.2 cm³/mol. The Morgan fingerprint density at radius 1 is 1.19 bits per heavy atom. The summed E-state index contributed by atoms with van der Waals surface area (Å²) in [6.07, 6.45) is 4.30. The molecule has 1 amide bonds. The van der Waals surface area contributed by atoms with Gasteiger partial charge in [-0.3, -0.25) is 9.59 Å². The third-order valence-electron chi connectivity index (χ3n) is 4.14. The number of carbonyl (C=O) groups is 2. The number of unbranched alkanes of at least 4 members (excludes halogenated alkanes) is 1. The summed E-state index contributed by atoms with van der Waals surface area (Å²) in [6.45, 7) is 0.546. The van der Waals surface area contributed by atoms with Gasteiger partial charge in [0.15, 0.2) is 0 Å². The first kappa shape index (κ1) is 16.0. The van der Waals surface area contributed by atoms with Crippen molar-refractivity contribution in [2.75, 3.05) is 6.54 Å². The van der Waals surface area contributed by atoms with Crippen molar-refractivity contribution in [1.29, 1.82) is 0 Å². The van der Waals surface area contributed by atoms with Gasteiger partial charge in [0.2, 0.25) is 5.91 Å². The van der Waals surface area contributed by atoms with Crippen molar-refractivity contribution < 1.29 is 14.7 Å². The minimum Gasteiger partial charge on any atom is -0.481 e. The topological polar surface area (TPSA) is 66.4 Å². The second kappa shape index (κ2) is 7.07. The third kappa shape index (κ3) is 3.84. The van der Waals surface area contributed by atoms with E-state index in [4.69, 9.17) is 5.11 Å². The smallest absolute Gasteiger partial charge is 0.303 e. The number of nitrogens with one attached hydrogen (secondary N) is 1. The minimum absolute atomic E-state index is 0.0754. The number of aliphatic carboxylic acids is 1. The highest BCUT2D eigenvalue weighted by atomic mass is 79.9. The first-order valence-electron chi connectivity index (χ1n) is 7.31. The monoisotopic (exact) mass is 353 g/mol. The van der Waals surface area contributed by atoms with E-state index in [-0.39, 0.29) is 17.7 Å². The quantitative estimate of drug-likeness (QED) is 0.739. The Balaban J connectivity index is 1.89. The lowest BCUT2D eigenvalue weighted by Crippen LogP contribution is -2.49. The van der Waals surface area contributed by atoms with Gasteiger partial charge in [-0.25, -0.2) is 0 Å². The van der Waals surface area contributed by atoms with Crippen molar-refractivity contribution in [3.05, 3.63) is 34.3 Å². The summed E-state index contributed by atoms with van der Waals surface area (Å²) in [7, 11) is 0. The zero-order valence-corrected chi connectivity index (χ0v) is 13.5. The second-order valence-corrected chi connectivity index (χ2v) is 6.46. The van der Waals surface area contributed by atoms with E-state index in [0.717, 1.165) is 29.3 Å².